The second-order valence-corrected chi connectivity index (χ2v) is 5.51. The average molecular weight is 384 g/mol. The largest absolute Gasteiger partial charge is 0.465 e. The quantitative estimate of drug-likeness (QED) is 0.230. The molecule has 1 rings (SSSR count). The predicted octanol–water partition coefficient (Wildman–Crippen LogP) is 3.33. The van der Waals surface area contributed by atoms with Crippen molar-refractivity contribution in [2.45, 2.75) is 26.7 Å². The molecule has 0 saturated carbocycles. The lowest BCUT2D eigenvalue weighted by Gasteiger charge is -2.11. The lowest BCUT2D eigenvalue weighted by atomic mass is 10.2. The Morgan fingerprint density at radius 3 is 2.15 bits per heavy atom. The number of ether oxygens (including phenoxy) is 3. The van der Waals surface area contributed by atoms with Crippen LogP contribution in [0.2, 0.25) is 5.02 Å². The number of anilines is 1. The Morgan fingerprint density at radius 1 is 1.08 bits per heavy atom. The van der Waals surface area contributed by atoms with Crippen LogP contribution in [0.5, 0.6) is 0 Å². The lowest BCUT2D eigenvalue weighted by Crippen LogP contribution is -2.20. The molecule has 7 nitrogen and oxygen atoms in total. The van der Waals surface area contributed by atoms with Crippen molar-refractivity contribution in [3.63, 3.8) is 0 Å². The maximum Gasteiger partial charge on any atom is 0.347 e. The van der Waals surface area contributed by atoms with E-state index >= 15 is 0 Å². The molecule has 0 saturated heterocycles. The number of hydrogen-bond donors (Lipinski definition) is 1. The molecule has 0 amide bonds. The first-order chi connectivity index (χ1) is 12.5. The Balaban J connectivity index is 3.07. The summed E-state index contributed by atoms with van der Waals surface area (Å²) < 4.78 is 14.6. The van der Waals surface area contributed by atoms with Crippen LogP contribution in [0.25, 0.3) is 0 Å². The van der Waals surface area contributed by atoms with Gasteiger partial charge in [-0.05, 0) is 25.0 Å². The maximum absolute atomic E-state index is 12.1. The van der Waals surface area contributed by atoms with Gasteiger partial charge in [-0.1, -0.05) is 31.5 Å². The molecule has 0 radical (unpaired) electrons. The van der Waals surface area contributed by atoms with Gasteiger partial charge < -0.3 is 19.5 Å². The number of benzene rings is 1. The molecule has 0 heterocycles. The van der Waals surface area contributed by atoms with Crippen LogP contribution in [0, 0.1) is 0 Å². The summed E-state index contributed by atoms with van der Waals surface area (Å²) in [6.07, 6.45) is 2.38. The van der Waals surface area contributed by atoms with Crippen LogP contribution in [0.3, 0.4) is 0 Å². The molecule has 0 aliphatic rings. The summed E-state index contributed by atoms with van der Waals surface area (Å²) in [5.41, 5.74) is 0.168. The molecule has 0 aliphatic heterocycles. The Hall–Kier alpha value is -2.54. The standard InChI is InChI=1S/C18H22ClNO6/c1-4-9-25-17(22)13(18(23)26-10-5-2)11-20-14-8-6-7-12(15(14)19)16(21)24-3/h6-8,11,20H,4-5,9-10H2,1-3H3. The van der Waals surface area contributed by atoms with Crippen LogP contribution in [0.1, 0.15) is 37.0 Å². The van der Waals surface area contributed by atoms with Crippen LogP contribution in [0.15, 0.2) is 30.0 Å². The molecule has 0 spiro atoms. The number of methoxy groups -OCH3 is 1. The molecular formula is C18H22ClNO6. The fourth-order valence-corrected chi connectivity index (χ4v) is 2.06. The third-order valence-corrected chi connectivity index (χ3v) is 3.50. The molecule has 0 unspecified atom stereocenters. The number of carbonyl (C=O) groups is 3. The molecule has 142 valence electrons. The van der Waals surface area contributed by atoms with E-state index in [1.54, 1.807) is 12.1 Å². The fraction of sp³-hybridized carbons (Fsp3) is 0.389. The molecule has 0 atom stereocenters. The number of esters is 3. The van der Waals surface area contributed by atoms with Crippen molar-refractivity contribution in [1.29, 1.82) is 0 Å². The molecule has 1 aromatic rings. The van der Waals surface area contributed by atoms with Crippen LogP contribution >= 0.6 is 11.6 Å². The Bertz CT molecular complexity index is 664. The van der Waals surface area contributed by atoms with Crippen molar-refractivity contribution in [3.05, 3.63) is 40.6 Å². The predicted molar refractivity (Wildman–Crippen MR) is 97.0 cm³/mol. The minimum atomic E-state index is -0.805. The first kappa shape index (κ1) is 21.5. The highest BCUT2D eigenvalue weighted by Gasteiger charge is 2.22. The number of carbonyl (C=O) groups excluding carboxylic acids is 3. The number of hydrogen-bond acceptors (Lipinski definition) is 7. The van der Waals surface area contributed by atoms with Gasteiger partial charge >= 0.3 is 17.9 Å². The molecule has 0 bridgehead atoms. The van der Waals surface area contributed by atoms with Crippen LogP contribution in [-0.2, 0) is 23.8 Å². The van der Waals surface area contributed by atoms with Crippen LogP contribution < -0.4 is 5.32 Å². The van der Waals surface area contributed by atoms with Gasteiger partial charge in [0.25, 0.3) is 0 Å². The van der Waals surface area contributed by atoms with Crippen molar-refractivity contribution in [3.8, 4) is 0 Å². The molecule has 8 heteroatoms. The maximum atomic E-state index is 12.1. The van der Waals surface area contributed by atoms with E-state index in [1.165, 1.54) is 13.2 Å². The van der Waals surface area contributed by atoms with Crippen molar-refractivity contribution in [2.75, 3.05) is 25.6 Å². The molecule has 0 aliphatic carbocycles. The van der Waals surface area contributed by atoms with Crippen molar-refractivity contribution < 1.29 is 28.6 Å². The summed E-state index contributed by atoms with van der Waals surface area (Å²) in [4.78, 5) is 35.9. The van der Waals surface area contributed by atoms with Gasteiger partial charge in [0.05, 0.1) is 36.6 Å². The molecule has 1 aromatic carbocycles. The molecule has 0 fully saturated rings. The number of halogens is 1. The molecule has 0 aromatic heterocycles. The van der Waals surface area contributed by atoms with Crippen LogP contribution in [-0.4, -0.2) is 38.2 Å². The van der Waals surface area contributed by atoms with E-state index in [9.17, 15) is 14.4 Å². The molecule has 1 N–H and O–H groups in total. The van der Waals surface area contributed by atoms with Crippen molar-refractivity contribution in [1.82, 2.24) is 0 Å². The van der Waals surface area contributed by atoms with E-state index in [1.807, 2.05) is 13.8 Å². The van der Waals surface area contributed by atoms with Gasteiger partial charge in [-0.25, -0.2) is 14.4 Å². The zero-order valence-electron chi connectivity index (χ0n) is 15.0. The zero-order chi connectivity index (χ0) is 19.5. The molecule has 26 heavy (non-hydrogen) atoms. The molecular weight excluding hydrogens is 362 g/mol. The Labute approximate surface area is 157 Å². The van der Waals surface area contributed by atoms with E-state index in [2.05, 4.69) is 10.1 Å². The summed E-state index contributed by atoms with van der Waals surface area (Å²) >= 11 is 6.17. The third-order valence-electron chi connectivity index (χ3n) is 3.09. The van der Waals surface area contributed by atoms with Crippen LogP contribution in [0.4, 0.5) is 5.69 Å². The Kier molecular flexibility index (Phi) is 9.22. The van der Waals surface area contributed by atoms with E-state index in [4.69, 9.17) is 21.1 Å². The highest BCUT2D eigenvalue weighted by atomic mass is 35.5. The highest BCUT2D eigenvalue weighted by molar-refractivity contribution is 6.36. The number of nitrogens with one attached hydrogen (secondary N) is 1. The zero-order valence-corrected chi connectivity index (χ0v) is 15.7. The summed E-state index contributed by atoms with van der Waals surface area (Å²) in [6.45, 7) is 4.02. The minimum absolute atomic E-state index is 0.0961. The number of rotatable bonds is 9. The van der Waals surface area contributed by atoms with Gasteiger partial charge in [0.1, 0.15) is 0 Å². The highest BCUT2D eigenvalue weighted by Crippen LogP contribution is 2.26. The first-order valence-electron chi connectivity index (χ1n) is 8.13. The summed E-state index contributed by atoms with van der Waals surface area (Å²) in [7, 11) is 1.24. The van der Waals surface area contributed by atoms with E-state index in [0.717, 1.165) is 6.20 Å². The summed E-state index contributed by atoms with van der Waals surface area (Å²) in [5, 5.41) is 2.84. The first-order valence-corrected chi connectivity index (χ1v) is 8.51. The van der Waals surface area contributed by atoms with E-state index < -0.39 is 17.9 Å². The second kappa shape index (κ2) is 11.1. The van der Waals surface area contributed by atoms with Gasteiger partial charge in [-0.2, -0.15) is 0 Å². The minimum Gasteiger partial charge on any atom is -0.465 e. The smallest absolute Gasteiger partial charge is 0.347 e. The van der Waals surface area contributed by atoms with Gasteiger partial charge in [0.15, 0.2) is 5.57 Å². The normalized spacial score (nSPS) is 9.85. The lowest BCUT2D eigenvalue weighted by molar-refractivity contribution is -0.147. The topological polar surface area (TPSA) is 90.9 Å². The van der Waals surface area contributed by atoms with E-state index in [-0.39, 0.29) is 29.4 Å². The average Bonchev–Trinajstić information content (AvgIpc) is 2.65. The SMILES string of the molecule is CCCOC(=O)C(=CNc1cccc(C(=O)OC)c1Cl)C(=O)OCCC. The summed E-state index contributed by atoms with van der Waals surface area (Å²) in [6, 6.07) is 4.66. The second-order valence-electron chi connectivity index (χ2n) is 5.13. The summed E-state index contributed by atoms with van der Waals surface area (Å²) in [5.74, 6) is -2.21. The van der Waals surface area contributed by atoms with Gasteiger partial charge in [0, 0.05) is 6.20 Å². The van der Waals surface area contributed by atoms with Gasteiger partial charge in [0.2, 0.25) is 0 Å². The van der Waals surface area contributed by atoms with Crippen molar-refractivity contribution in [2.24, 2.45) is 0 Å². The monoisotopic (exact) mass is 383 g/mol. The van der Waals surface area contributed by atoms with Gasteiger partial charge in [-0.3, -0.25) is 0 Å². The van der Waals surface area contributed by atoms with Gasteiger partial charge in [-0.15, -0.1) is 0 Å². The Morgan fingerprint density at radius 2 is 1.65 bits per heavy atom. The van der Waals surface area contributed by atoms with Crippen molar-refractivity contribution >= 4 is 35.2 Å². The van der Waals surface area contributed by atoms with E-state index in [0.29, 0.717) is 18.5 Å². The third kappa shape index (κ3) is 6.07. The fourth-order valence-electron chi connectivity index (χ4n) is 1.81.